The molecule has 0 aliphatic carbocycles. The average Bonchev–Trinajstić information content (AvgIpc) is 3.08. The van der Waals surface area contributed by atoms with Gasteiger partial charge in [0, 0.05) is 23.9 Å². The number of carbonyl (C=O) groups is 1. The summed E-state index contributed by atoms with van der Waals surface area (Å²) >= 11 is 0.799. The van der Waals surface area contributed by atoms with Crippen LogP contribution in [-0.2, 0) is 11.2 Å². The monoisotopic (exact) mass is 417 g/mol. The van der Waals surface area contributed by atoms with E-state index in [9.17, 15) is 19.7 Å². The summed E-state index contributed by atoms with van der Waals surface area (Å²) in [6.07, 6.45) is 1.50. The van der Waals surface area contributed by atoms with Crippen molar-refractivity contribution in [3.8, 4) is 5.75 Å². The Bertz CT molecular complexity index is 1130. The molecule has 0 saturated heterocycles. The molecule has 3 aromatic rings. The second kappa shape index (κ2) is 8.39. The molecule has 10 heteroatoms. The second-order valence-corrected chi connectivity index (χ2v) is 7.69. The molecule has 0 spiro atoms. The Morgan fingerprint density at radius 3 is 2.79 bits per heavy atom. The van der Waals surface area contributed by atoms with Gasteiger partial charge in [-0.1, -0.05) is 0 Å². The Kier molecular flexibility index (Phi) is 5.92. The maximum atomic E-state index is 12.3. The maximum absolute atomic E-state index is 12.3. The molecule has 0 fully saturated rings. The number of fused-ring (bicyclic) bond motifs is 1. The van der Waals surface area contributed by atoms with Crippen molar-refractivity contribution in [2.75, 3.05) is 5.32 Å². The largest absolute Gasteiger partial charge is 0.491 e. The second-order valence-electron chi connectivity index (χ2n) is 6.68. The number of aryl methyl sites for hydroxylation is 2. The molecule has 2 heterocycles. The molecule has 0 atom stereocenters. The van der Waals surface area contributed by atoms with E-state index in [-0.39, 0.29) is 28.6 Å². The number of aromatic nitrogens is 1. The smallest absolute Gasteiger partial charge is 0.345 e. The van der Waals surface area contributed by atoms with Crippen LogP contribution in [0.2, 0.25) is 0 Å². The highest BCUT2D eigenvalue weighted by Gasteiger charge is 2.16. The molecule has 9 nitrogen and oxygen atoms in total. The Hall–Kier alpha value is -3.27. The van der Waals surface area contributed by atoms with E-state index in [1.807, 2.05) is 26.8 Å². The van der Waals surface area contributed by atoms with Gasteiger partial charge in [-0.2, -0.15) is 0 Å². The molecular weight excluding hydrogens is 398 g/mol. The molecule has 29 heavy (non-hydrogen) atoms. The zero-order valence-electron chi connectivity index (χ0n) is 16.1. The summed E-state index contributed by atoms with van der Waals surface area (Å²) in [6.45, 7) is 5.57. The lowest BCUT2D eigenvalue weighted by molar-refractivity contribution is -0.380. The van der Waals surface area contributed by atoms with Crippen molar-refractivity contribution in [3.63, 3.8) is 0 Å². The van der Waals surface area contributed by atoms with Gasteiger partial charge >= 0.3 is 10.6 Å². The molecule has 2 aromatic heterocycles. The van der Waals surface area contributed by atoms with Crippen LogP contribution in [0.5, 0.6) is 5.75 Å². The van der Waals surface area contributed by atoms with E-state index in [1.54, 1.807) is 6.07 Å². The van der Waals surface area contributed by atoms with Gasteiger partial charge in [-0.05, 0) is 55.7 Å². The third kappa shape index (κ3) is 4.96. The number of anilines is 1. The fourth-order valence-electron chi connectivity index (χ4n) is 2.79. The van der Waals surface area contributed by atoms with E-state index in [1.165, 1.54) is 6.07 Å². The summed E-state index contributed by atoms with van der Waals surface area (Å²) in [4.78, 5) is 37.9. The topological polar surface area (TPSA) is 125 Å². The van der Waals surface area contributed by atoms with Crippen molar-refractivity contribution in [1.82, 2.24) is 4.98 Å². The van der Waals surface area contributed by atoms with Crippen molar-refractivity contribution in [2.45, 2.75) is 39.7 Å². The number of nitro groups is 1. The summed E-state index contributed by atoms with van der Waals surface area (Å²) in [7, 11) is 0. The SMILES string of the molecule is Cc1cc(=O)oc2cc(OC(C)C)c(CCC(=O)Nc3ncc([N+](=O)[O-])s3)cc12. The molecule has 1 aromatic carbocycles. The normalized spacial score (nSPS) is 11.0. The fourth-order valence-corrected chi connectivity index (χ4v) is 3.44. The molecule has 1 amide bonds. The highest BCUT2D eigenvalue weighted by molar-refractivity contribution is 7.18. The van der Waals surface area contributed by atoms with Gasteiger partial charge in [0.05, 0.1) is 11.0 Å². The highest BCUT2D eigenvalue weighted by Crippen LogP contribution is 2.30. The Morgan fingerprint density at radius 1 is 1.38 bits per heavy atom. The van der Waals surface area contributed by atoms with Gasteiger partial charge < -0.3 is 14.5 Å². The highest BCUT2D eigenvalue weighted by atomic mass is 32.1. The lowest BCUT2D eigenvalue weighted by atomic mass is 10.0. The quantitative estimate of drug-likeness (QED) is 0.352. The van der Waals surface area contributed by atoms with Crippen molar-refractivity contribution >= 4 is 38.3 Å². The van der Waals surface area contributed by atoms with Gasteiger partial charge in [-0.25, -0.2) is 9.78 Å². The van der Waals surface area contributed by atoms with Crippen LogP contribution in [0.3, 0.4) is 0 Å². The van der Waals surface area contributed by atoms with Crippen LogP contribution < -0.4 is 15.7 Å². The third-order valence-corrected chi connectivity index (χ3v) is 4.90. The van der Waals surface area contributed by atoms with E-state index in [4.69, 9.17) is 9.15 Å². The van der Waals surface area contributed by atoms with Crippen molar-refractivity contribution in [2.24, 2.45) is 0 Å². The van der Waals surface area contributed by atoms with Crippen LogP contribution in [0.1, 0.15) is 31.4 Å². The molecule has 0 saturated carbocycles. The van der Waals surface area contributed by atoms with Crippen LogP contribution in [0, 0.1) is 17.0 Å². The number of nitrogens with zero attached hydrogens (tertiary/aromatic N) is 2. The summed E-state index contributed by atoms with van der Waals surface area (Å²) in [5, 5.41) is 14.1. The van der Waals surface area contributed by atoms with Gasteiger partial charge in [0.1, 0.15) is 17.5 Å². The summed E-state index contributed by atoms with van der Waals surface area (Å²) in [6, 6.07) is 4.94. The molecule has 0 aliphatic heterocycles. The van der Waals surface area contributed by atoms with Gasteiger partial charge in [0.25, 0.3) is 0 Å². The van der Waals surface area contributed by atoms with E-state index in [0.717, 1.165) is 34.0 Å². The Morgan fingerprint density at radius 2 is 2.14 bits per heavy atom. The predicted molar refractivity (Wildman–Crippen MR) is 109 cm³/mol. The fraction of sp³-hybridized carbons (Fsp3) is 0.316. The predicted octanol–water partition coefficient (Wildman–Crippen LogP) is 3.82. The number of rotatable bonds is 7. The first-order chi connectivity index (χ1) is 13.7. The molecular formula is C19H19N3O6S. The molecule has 3 rings (SSSR count). The van der Waals surface area contributed by atoms with Gasteiger partial charge in [-0.3, -0.25) is 14.9 Å². The van der Waals surface area contributed by atoms with Gasteiger partial charge in [-0.15, -0.1) is 0 Å². The number of amides is 1. The molecule has 1 N–H and O–H groups in total. The third-order valence-electron chi connectivity index (χ3n) is 4.04. The number of nitrogens with one attached hydrogen (secondary N) is 1. The Labute approximate surface area is 169 Å². The lowest BCUT2D eigenvalue weighted by Crippen LogP contribution is -2.13. The van der Waals surface area contributed by atoms with Gasteiger partial charge in [0.2, 0.25) is 5.91 Å². The van der Waals surface area contributed by atoms with E-state index in [0.29, 0.717) is 17.8 Å². The molecule has 0 aliphatic rings. The van der Waals surface area contributed by atoms with Crippen LogP contribution in [-0.4, -0.2) is 21.9 Å². The first kappa shape index (κ1) is 20.5. The van der Waals surface area contributed by atoms with Crippen molar-refractivity contribution < 1.29 is 18.9 Å². The molecule has 0 bridgehead atoms. The van der Waals surface area contributed by atoms with Crippen LogP contribution in [0.25, 0.3) is 11.0 Å². The number of carbonyl (C=O) groups excluding carboxylic acids is 1. The average molecular weight is 417 g/mol. The number of hydrogen-bond donors (Lipinski definition) is 1. The van der Waals surface area contributed by atoms with Crippen LogP contribution >= 0.6 is 11.3 Å². The van der Waals surface area contributed by atoms with Crippen molar-refractivity contribution in [3.05, 3.63) is 56.1 Å². The lowest BCUT2D eigenvalue weighted by Gasteiger charge is -2.15. The molecule has 0 unspecified atom stereocenters. The van der Waals surface area contributed by atoms with Crippen LogP contribution in [0.4, 0.5) is 10.1 Å². The minimum Gasteiger partial charge on any atom is -0.491 e. The summed E-state index contributed by atoms with van der Waals surface area (Å²) in [5.41, 5.74) is 1.56. The number of benzene rings is 1. The number of ether oxygens (including phenoxy) is 1. The Balaban J connectivity index is 1.80. The van der Waals surface area contributed by atoms with Crippen molar-refractivity contribution in [1.29, 1.82) is 0 Å². The van der Waals surface area contributed by atoms with E-state index in [2.05, 4.69) is 10.3 Å². The molecule has 0 radical (unpaired) electrons. The first-order valence-corrected chi connectivity index (χ1v) is 9.68. The minimum atomic E-state index is -0.557. The maximum Gasteiger partial charge on any atom is 0.345 e. The van der Waals surface area contributed by atoms with E-state index < -0.39 is 10.5 Å². The summed E-state index contributed by atoms with van der Waals surface area (Å²) < 4.78 is 11.1. The number of hydrogen-bond acceptors (Lipinski definition) is 8. The summed E-state index contributed by atoms with van der Waals surface area (Å²) in [5.74, 6) is 0.222. The zero-order chi connectivity index (χ0) is 21.1. The van der Waals surface area contributed by atoms with Crippen LogP contribution in [0.15, 0.2) is 33.6 Å². The minimum absolute atomic E-state index is 0.104. The zero-order valence-corrected chi connectivity index (χ0v) is 16.9. The van der Waals surface area contributed by atoms with E-state index >= 15 is 0 Å². The molecule has 152 valence electrons. The first-order valence-electron chi connectivity index (χ1n) is 8.87. The number of thiazole rings is 1. The van der Waals surface area contributed by atoms with Gasteiger partial charge in [0.15, 0.2) is 5.13 Å². The standard InChI is InChI=1S/C19H19N3O6S/c1-10(2)27-14-8-15-13(11(3)6-18(24)28-15)7-12(14)4-5-16(23)21-19-20-9-17(29-19)22(25)26/h6-10H,4-5H2,1-3H3,(H,20,21,23).